The minimum Gasteiger partial charge on any atom is -0.310 e. The predicted molar refractivity (Wildman–Crippen MR) is 78.4 cm³/mol. The molecule has 1 atom stereocenters. The molecule has 98 valence electrons. The molecule has 1 aliphatic heterocycles. The molecule has 0 radical (unpaired) electrons. The van der Waals surface area contributed by atoms with Crippen molar-refractivity contribution in [2.75, 3.05) is 12.3 Å². The van der Waals surface area contributed by atoms with Crippen molar-refractivity contribution in [2.45, 2.75) is 24.3 Å². The molecule has 2 aromatic rings. The van der Waals surface area contributed by atoms with E-state index in [4.69, 9.17) is 0 Å². The quantitative estimate of drug-likeness (QED) is 0.928. The van der Waals surface area contributed by atoms with Crippen LogP contribution in [0.1, 0.15) is 22.9 Å². The predicted octanol–water partition coefficient (Wildman–Crippen LogP) is 2.76. The Bertz CT molecular complexity index is 554. The van der Waals surface area contributed by atoms with Crippen LogP contribution in [0.5, 0.6) is 0 Å². The van der Waals surface area contributed by atoms with Gasteiger partial charge in [0.15, 0.2) is 0 Å². The third-order valence-corrected chi connectivity index (χ3v) is 4.58. The molecule has 19 heavy (non-hydrogen) atoms. The number of hydrogen-bond acceptors (Lipinski definition) is 4. The molecule has 0 aliphatic carbocycles. The van der Waals surface area contributed by atoms with Crippen molar-refractivity contribution in [1.82, 2.24) is 15.3 Å². The fraction of sp³-hybridized carbons (Fsp3) is 0.333. The van der Waals surface area contributed by atoms with Crippen molar-refractivity contribution in [3.05, 3.63) is 53.6 Å². The minimum atomic E-state index is 0.611. The molecule has 1 aromatic carbocycles. The Hall–Kier alpha value is -1.39. The van der Waals surface area contributed by atoms with Crippen LogP contribution in [0.4, 0.5) is 0 Å². The highest BCUT2D eigenvalue weighted by molar-refractivity contribution is 7.99. The summed E-state index contributed by atoms with van der Waals surface area (Å²) in [7, 11) is 0. The first-order valence-electron chi connectivity index (χ1n) is 6.53. The number of rotatable bonds is 4. The largest absolute Gasteiger partial charge is 0.310 e. The van der Waals surface area contributed by atoms with Gasteiger partial charge in [0.25, 0.3) is 0 Å². The third kappa shape index (κ3) is 2.96. The van der Waals surface area contributed by atoms with Crippen LogP contribution in [0.25, 0.3) is 0 Å². The highest BCUT2D eigenvalue weighted by Crippen LogP contribution is 2.38. The van der Waals surface area contributed by atoms with Crippen LogP contribution in [-0.2, 0) is 6.54 Å². The van der Waals surface area contributed by atoms with E-state index in [0.717, 1.165) is 24.5 Å². The number of fused-ring (bicyclic) bond motifs is 1. The number of thioether (sulfide) groups is 1. The van der Waals surface area contributed by atoms with E-state index in [9.17, 15) is 0 Å². The molecule has 3 nitrogen and oxygen atoms in total. The molecule has 2 heterocycles. The maximum atomic E-state index is 4.36. The second kappa shape index (κ2) is 5.72. The smallest absolute Gasteiger partial charge is 0.0724 e. The number of hydrogen-bond donors (Lipinski definition) is 1. The molecule has 0 spiro atoms. The molecule has 1 aliphatic rings. The second-order valence-electron chi connectivity index (χ2n) is 4.83. The van der Waals surface area contributed by atoms with Gasteiger partial charge >= 0.3 is 0 Å². The lowest BCUT2D eigenvalue weighted by molar-refractivity contribution is 0.612. The summed E-state index contributed by atoms with van der Waals surface area (Å²) < 4.78 is 0. The van der Waals surface area contributed by atoms with Gasteiger partial charge in [0, 0.05) is 42.0 Å². The average molecular weight is 271 g/mol. The van der Waals surface area contributed by atoms with Crippen LogP contribution in [-0.4, -0.2) is 22.3 Å². The van der Waals surface area contributed by atoms with E-state index in [0.29, 0.717) is 5.92 Å². The number of nitrogens with one attached hydrogen (secondary N) is 1. The van der Waals surface area contributed by atoms with E-state index in [1.165, 1.54) is 16.2 Å². The molecule has 0 bridgehead atoms. The Kier molecular flexibility index (Phi) is 3.80. The summed E-state index contributed by atoms with van der Waals surface area (Å²) in [6.45, 7) is 3.74. The zero-order valence-corrected chi connectivity index (χ0v) is 11.8. The summed E-state index contributed by atoms with van der Waals surface area (Å²) in [5.41, 5.74) is 3.45. The van der Waals surface area contributed by atoms with Gasteiger partial charge in [-0.3, -0.25) is 9.97 Å². The van der Waals surface area contributed by atoms with Crippen molar-refractivity contribution >= 4 is 11.8 Å². The SMILES string of the molecule is Cc1cnc(CNCC2CSc3ccccc32)cn1. The van der Waals surface area contributed by atoms with E-state index < -0.39 is 0 Å². The number of aromatic nitrogens is 2. The third-order valence-electron chi connectivity index (χ3n) is 3.33. The van der Waals surface area contributed by atoms with Gasteiger partial charge in [0.1, 0.15) is 0 Å². The van der Waals surface area contributed by atoms with E-state index in [1.807, 2.05) is 31.1 Å². The highest BCUT2D eigenvalue weighted by Gasteiger charge is 2.21. The molecule has 3 rings (SSSR count). The molecular weight excluding hydrogens is 254 g/mol. The lowest BCUT2D eigenvalue weighted by Crippen LogP contribution is -2.21. The fourth-order valence-electron chi connectivity index (χ4n) is 2.28. The summed E-state index contributed by atoms with van der Waals surface area (Å²) in [5.74, 6) is 1.78. The zero-order valence-electron chi connectivity index (χ0n) is 11.0. The lowest BCUT2D eigenvalue weighted by Gasteiger charge is -2.11. The van der Waals surface area contributed by atoms with Gasteiger partial charge in [-0.25, -0.2) is 0 Å². The first kappa shape index (κ1) is 12.6. The van der Waals surface area contributed by atoms with Crippen molar-refractivity contribution in [3.8, 4) is 0 Å². The second-order valence-corrected chi connectivity index (χ2v) is 5.89. The van der Waals surface area contributed by atoms with Gasteiger partial charge in [-0.2, -0.15) is 0 Å². The van der Waals surface area contributed by atoms with Crippen molar-refractivity contribution < 1.29 is 0 Å². The standard InChI is InChI=1S/C15H17N3S/c1-11-6-18-13(9-17-11)8-16-7-12-10-19-15-5-3-2-4-14(12)15/h2-6,9,12,16H,7-8,10H2,1H3. The normalized spacial score (nSPS) is 17.4. The van der Waals surface area contributed by atoms with Gasteiger partial charge in [0.05, 0.1) is 11.4 Å². The van der Waals surface area contributed by atoms with E-state index in [2.05, 4.69) is 39.6 Å². The Balaban J connectivity index is 1.55. The number of benzene rings is 1. The number of nitrogens with zero attached hydrogens (tertiary/aromatic N) is 2. The van der Waals surface area contributed by atoms with Crippen molar-refractivity contribution in [1.29, 1.82) is 0 Å². The van der Waals surface area contributed by atoms with Crippen LogP contribution in [0, 0.1) is 6.92 Å². The van der Waals surface area contributed by atoms with Gasteiger partial charge in [-0.15, -0.1) is 11.8 Å². The van der Waals surface area contributed by atoms with Gasteiger partial charge < -0.3 is 5.32 Å². The van der Waals surface area contributed by atoms with E-state index in [-0.39, 0.29) is 0 Å². The first-order valence-corrected chi connectivity index (χ1v) is 7.51. The maximum absolute atomic E-state index is 4.36. The van der Waals surface area contributed by atoms with Crippen molar-refractivity contribution in [2.24, 2.45) is 0 Å². The van der Waals surface area contributed by atoms with Gasteiger partial charge in [-0.1, -0.05) is 18.2 Å². The van der Waals surface area contributed by atoms with Crippen LogP contribution >= 0.6 is 11.8 Å². The Morgan fingerprint density at radius 2 is 2.16 bits per heavy atom. The summed E-state index contributed by atoms with van der Waals surface area (Å²) in [5, 5.41) is 3.49. The van der Waals surface area contributed by atoms with Crippen LogP contribution in [0.3, 0.4) is 0 Å². The Labute approximate surface area is 117 Å². The number of aryl methyl sites for hydroxylation is 1. The summed E-state index contributed by atoms with van der Waals surface area (Å²) in [6.07, 6.45) is 3.66. The molecule has 1 aromatic heterocycles. The first-order chi connectivity index (χ1) is 9.33. The molecule has 4 heteroatoms. The molecule has 1 N–H and O–H groups in total. The van der Waals surface area contributed by atoms with Gasteiger partial charge in [0.2, 0.25) is 0 Å². The van der Waals surface area contributed by atoms with E-state index >= 15 is 0 Å². The summed E-state index contributed by atoms with van der Waals surface area (Å²) in [4.78, 5) is 10.1. The summed E-state index contributed by atoms with van der Waals surface area (Å²) >= 11 is 1.96. The Morgan fingerprint density at radius 3 is 3.00 bits per heavy atom. The molecule has 0 amide bonds. The van der Waals surface area contributed by atoms with Crippen LogP contribution < -0.4 is 5.32 Å². The fourth-order valence-corrected chi connectivity index (χ4v) is 3.54. The molecular formula is C15H17N3S. The zero-order chi connectivity index (χ0) is 13.1. The molecule has 0 fully saturated rings. The van der Waals surface area contributed by atoms with E-state index in [1.54, 1.807) is 0 Å². The maximum Gasteiger partial charge on any atom is 0.0724 e. The summed E-state index contributed by atoms with van der Waals surface area (Å²) in [6, 6.07) is 8.70. The van der Waals surface area contributed by atoms with Crippen molar-refractivity contribution in [3.63, 3.8) is 0 Å². The van der Waals surface area contributed by atoms with Gasteiger partial charge in [-0.05, 0) is 18.6 Å². The minimum absolute atomic E-state index is 0.611. The van der Waals surface area contributed by atoms with Crippen LogP contribution in [0.2, 0.25) is 0 Å². The average Bonchev–Trinajstić information content (AvgIpc) is 2.85. The molecule has 0 saturated carbocycles. The monoisotopic (exact) mass is 271 g/mol. The highest BCUT2D eigenvalue weighted by atomic mass is 32.2. The topological polar surface area (TPSA) is 37.8 Å². The lowest BCUT2D eigenvalue weighted by atomic mass is 10.0. The van der Waals surface area contributed by atoms with Crippen LogP contribution in [0.15, 0.2) is 41.6 Å². The molecule has 0 saturated heterocycles. The molecule has 1 unspecified atom stereocenters. The Morgan fingerprint density at radius 1 is 1.26 bits per heavy atom.